The minimum atomic E-state index is -0.752. The molecule has 11 heavy (non-hydrogen) atoms. The number of allylic oxidation sites excluding steroid dienone is 1. The lowest BCUT2D eigenvalue weighted by atomic mass is 10.1. The van der Waals surface area contributed by atoms with Gasteiger partial charge in [0.1, 0.15) is 0 Å². The zero-order valence-corrected chi connectivity index (χ0v) is 6.07. The fourth-order valence-electron chi connectivity index (χ4n) is 0.779. The minimum Gasteiger partial charge on any atom is -0.486 e. The van der Waals surface area contributed by atoms with Gasteiger partial charge >= 0.3 is 5.97 Å². The Kier molecular flexibility index (Phi) is 2.25. The third-order valence-electron chi connectivity index (χ3n) is 1.35. The predicted molar refractivity (Wildman–Crippen MR) is 35.7 cm³/mol. The highest BCUT2D eigenvalue weighted by Gasteiger charge is 2.24. The fraction of sp³-hybridized carbons (Fsp3) is 0.429. The topological polar surface area (TPSA) is 52.6 Å². The molecular formula is C7H8O4. The number of ketones is 1. The zero-order chi connectivity index (χ0) is 8.27. The summed E-state index contributed by atoms with van der Waals surface area (Å²) in [6, 6.07) is 0. The zero-order valence-electron chi connectivity index (χ0n) is 6.07. The maximum absolute atomic E-state index is 10.8. The van der Waals surface area contributed by atoms with Crippen molar-refractivity contribution in [2.75, 3.05) is 7.11 Å². The van der Waals surface area contributed by atoms with Gasteiger partial charge < -0.3 is 9.47 Å². The van der Waals surface area contributed by atoms with Crippen molar-refractivity contribution in [1.82, 2.24) is 0 Å². The number of carbonyl (C=O) groups is 2. The molecule has 0 saturated heterocycles. The number of ether oxygens (including phenoxy) is 2. The summed E-state index contributed by atoms with van der Waals surface area (Å²) in [6.45, 7) is 0. The highest BCUT2D eigenvalue weighted by atomic mass is 16.6. The second-order valence-corrected chi connectivity index (χ2v) is 2.12. The summed E-state index contributed by atoms with van der Waals surface area (Å²) < 4.78 is 9.21. The number of methoxy groups -OCH3 is 1. The highest BCUT2D eigenvalue weighted by Crippen LogP contribution is 2.08. The predicted octanol–water partition coefficient (Wildman–Crippen LogP) is 0.0311. The molecule has 1 atom stereocenters. The first-order valence-electron chi connectivity index (χ1n) is 3.16. The largest absolute Gasteiger partial charge is 0.486 e. The van der Waals surface area contributed by atoms with Crippen LogP contribution in [0.4, 0.5) is 0 Å². The molecule has 0 fully saturated rings. The smallest absolute Gasteiger partial charge is 0.347 e. The molecule has 60 valence electrons. The molecule has 1 heterocycles. The Bertz CT molecular complexity index is 206. The summed E-state index contributed by atoms with van der Waals surface area (Å²) in [6.07, 6.45) is 1.83. The Morgan fingerprint density at radius 3 is 3.09 bits per heavy atom. The number of hydrogen-bond donors (Lipinski definition) is 0. The lowest BCUT2D eigenvalue weighted by Gasteiger charge is -2.15. The van der Waals surface area contributed by atoms with E-state index in [0.29, 0.717) is 0 Å². The van der Waals surface area contributed by atoms with E-state index >= 15 is 0 Å². The molecule has 0 aromatic heterocycles. The second-order valence-electron chi connectivity index (χ2n) is 2.12. The van der Waals surface area contributed by atoms with Gasteiger partial charge in [0.25, 0.3) is 0 Å². The Morgan fingerprint density at radius 1 is 1.82 bits per heavy atom. The van der Waals surface area contributed by atoms with Gasteiger partial charge in [-0.15, -0.1) is 0 Å². The minimum absolute atomic E-state index is 0.0726. The molecule has 0 aromatic carbocycles. The van der Waals surface area contributed by atoms with Crippen molar-refractivity contribution in [3.05, 3.63) is 12.3 Å². The summed E-state index contributed by atoms with van der Waals surface area (Å²) in [5.74, 6) is -0.630. The van der Waals surface area contributed by atoms with Crippen LogP contribution in [0.15, 0.2) is 12.3 Å². The highest BCUT2D eigenvalue weighted by molar-refractivity contribution is 5.94. The van der Waals surface area contributed by atoms with Crippen molar-refractivity contribution in [2.45, 2.75) is 12.5 Å². The Balaban J connectivity index is 2.56. The Labute approximate surface area is 63.8 Å². The molecule has 4 nitrogen and oxygen atoms in total. The molecule has 0 bridgehead atoms. The van der Waals surface area contributed by atoms with Gasteiger partial charge in [0.2, 0.25) is 6.10 Å². The molecule has 1 aliphatic heterocycles. The first kappa shape index (κ1) is 7.78. The van der Waals surface area contributed by atoms with Crippen LogP contribution in [-0.2, 0) is 19.1 Å². The average Bonchev–Trinajstić information content (AvgIpc) is 2.03. The van der Waals surface area contributed by atoms with Crippen molar-refractivity contribution >= 4 is 11.8 Å². The third kappa shape index (κ3) is 1.80. The maximum Gasteiger partial charge on any atom is 0.347 e. The lowest BCUT2D eigenvalue weighted by molar-refractivity contribution is -0.153. The van der Waals surface area contributed by atoms with Crippen LogP contribution in [0.1, 0.15) is 6.42 Å². The molecule has 0 aliphatic carbocycles. The molecular weight excluding hydrogens is 148 g/mol. The summed E-state index contributed by atoms with van der Waals surface area (Å²) >= 11 is 0. The third-order valence-corrected chi connectivity index (χ3v) is 1.35. The van der Waals surface area contributed by atoms with E-state index in [1.807, 2.05) is 0 Å². The van der Waals surface area contributed by atoms with Crippen LogP contribution in [-0.4, -0.2) is 25.0 Å². The molecule has 1 rings (SSSR count). The van der Waals surface area contributed by atoms with Crippen molar-refractivity contribution in [1.29, 1.82) is 0 Å². The molecule has 1 aliphatic rings. The van der Waals surface area contributed by atoms with Gasteiger partial charge in [-0.1, -0.05) is 0 Å². The number of rotatable bonds is 1. The monoisotopic (exact) mass is 156 g/mol. The van der Waals surface area contributed by atoms with Gasteiger partial charge in [-0.05, 0) is 0 Å². The lowest BCUT2D eigenvalue weighted by Crippen LogP contribution is -2.28. The van der Waals surface area contributed by atoms with E-state index in [2.05, 4.69) is 4.74 Å². The average molecular weight is 156 g/mol. The summed E-state index contributed by atoms with van der Waals surface area (Å²) in [5.41, 5.74) is 0. The molecule has 0 spiro atoms. The van der Waals surface area contributed by atoms with E-state index in [1.54, 1.807) is 0 Å². The molecule has 0 saturated carbocycles. The standard InChI is InChI=1S/C7H8O4/c1-10-7(9)6-4-5(8)2-3-11-6/h2-3,6H,4H2,1H3/t6-/m1/s1. The van der Waals surface area contributed by atoms with Gasteiger partial charge in [0.05, 0.1) is 19.8 Å². The summed E-state index contributed by atoms with van der Waals surface area (Å²) in [4.78, 5) is 21.5. The first-order valence-corrected chi connectivity index (χ1v) is 3.16. The van der Waals surface area contributed by atoms with Gasteiger partial charge in [-0.3, -0.25) is 4.79 Å². The van der Waals surface area contributed by atoms with E-state index in [-0.39, 0.29) is 12.2 Å². The number of esters is 1. The van der Waals surface area contributed by atoms with Crippen LogP contribution in [0.3, 0.4) is 0 Å². The Morgan fingerprint density at radius 2 is 2.55 bits per heavy atom. The first-order chi connectivity index (χ1) is 5.24. The second kappa shape index (κ2) is 3.18. The maximum atomic E-state index is 10.8. The molecule has 0 radical (unpaired) electrons. The van der Waals surface area contributed by atoms with Crippen LogP contribution >= 0.6 is 0 Å². The molecule has 0 unspecified atom stereocenters. The van der Waals surface area contributed by atoms with Crippen molar-refractivity contribution < 1.29 is 19.1 Å². The molecule has 0 N–H and O–H groups in total. The molecule has 4 heteroatoms. The van der Waals surface area contributed by atoms with E-state index in [4.69, 9.17) is 4.74 Å². The van der Waals surface area contributed by atoms with Crippen molar-refractivity contribution in [2.24, 2.45) is 0 Å². The van der Waals surface area contributed by atoms with E-state index < -0.39 is 12.1 Å². The number of hydrogen-bond acceptors (Lipinski definition) is 4. The quantitative estimate of drug-likeness (QED) is 0.502. The van der Waals surface area contributed by atoms with Crippen LogP contribution < -0.4 is 0 Å². The van der Waals surface area contributed by atoms with Gasteiger partial charge in [-0.25, -0.2) is 4.79 Å². The summed E-state index contributed by atoms with van der Waals surface area (Å²) in [5, 5.41) is 0. The molecule has 0 aromatic rings. The van der Waals surface area contributed by atoms with Gasteiger partial charge in [0.15, 0.2) is 5.78 Å². The van der Waals surface area contributed by atoms with Crippen LogP contribution in [0.5, 0.6) is 0 Å². The van der Waals surface area contributed by atoms with E-state index in [0.717, 1.165) is 0 Å². The van der Waals surface area contributed by atoms with E-state index in [1.165, 1.54) is 19.4 Å². The van der Waals surface area contributed by atoms with Crippen LogP contribution in [0.25, 0.3) is 0 Å². The van der Waals surface area contributed by atoms with Gasteiger partial charge in [-0.2, -0.15) is 0 Å². The normalized spacial score (nSPS) is 22.6. The number of carbonyl (C=O) groups excluding carboxylic acids is 2. The SMILES string of the molecule is COC(=O)[C@H]1CC(=O)C=CO1. The summed E-state index contributed by atoms with van der Waals surface area (Å²) in [7, 11) is 1.26. The Hall–Kier alpha value is -1.32. The van der Waals surface area contributed by atoms with Crippen molar-refractivity contribution in [3.8, 4) is 0 Å². The fourth-order valence-corrected chi connectivity index (χ4v) is 0.779. The van der Waals surface area contributed by atoms with Crippen molar-refractivity contribution in [3.63, 3.8) is 0 Å². The molecule has 0 amide bonds. The van der Waals surface area contributed by atoms with Gasteiger partial charge in [0, 0.05) is 6.08 Å². The van der Waals surface area contributed by atoms with Crippen LogP contribution in [0, 0.1) is 0 Å². The van der Waals surface area contributed by atoms with Crippen LogP contribution in [0.2, 0.25) is 0 Å². The van der Waals surface area contributed by atoms with E-state index in [9.17, 15) is 9.59 Å².